The molecule has 0 aliphatic heterocycles. The molecule has 0 bridgehead atoms. The van der Waals surface area contributed by atoms with Crippen LogP contribution in [-0.4, -0.2) is 15.9 Å². The molecule has 0 saturated carbocycles. The van der Waals surface area contributed by atoms with Crippen LogP contribution in [0.1, 0.15) is 32.8 Å². The molecule has 1 aromatic rings. The molecule has 0 spiro atoms. The Hall–Kier alpha value is -1.65. The molecule has 5 nitrogen and oxygen atoms in total. The lowest BCUT2D eigenvalue weighted by Crippen LogP contribution is -2.25. The maximum atomic E-state index is 10.8. The van der Waals surface area contributed by atoms with Crippen molar-refractivity contribution in [3.05, 3.63) is 27.9 Å². The molecule has 0 radical (unpaired) electrons. The fraction of sp³-hybridized carbons (Fsp3) is 0.583. The molecule has 1 atom stereocenters. The Balaban J connectivity index is 2.92. The molecule has 0 aliphatic rings. The zero-order valence-electron chi connectivity index (χ0n) is 10.7. The molecular weight excluding hydrogens is 218 g/mol. The minimum atomic E-state index is -0.376. The highest BCUT2D eigenvalue weighted by molar-refractivity contribution is 5.49. The lowest BCUT2D eigenvalue weighted by atomic mass is 10.0. The van der Waals surface area contributed by atoms with E-state index in [1.807, 2.05) is 0 Å². The summed E-state index contributed by atoms with van der Waals surface area (Å²) in [6, 6.07) is 1.78. The van der Waals surface area contributed by atoms with E-state index in [2.05, 4.69) is 31.1 Å². The minimum absolute atomic E-state index is 0.112. The largest absolute Gasteiger partial charge is 0.367 e. The van der Waals surface area contributed by atoms with Crippen molar-refractivity contribution in [1.82, 2.24) is 4.98 Å². The average molecular weight is 237 g/mol. The zero-order chi connectivity index (χ0) is 13.0. The average Bonchev–Trinajstić information content (AvgIpc) is 2.27. The van der Waals surface area contributed by atoms with Gasteiger partial charge in [-0.1, -0.05) is 20.8 Å². The summed E-state index contributed by atoms with van der Waals surface area (Å²) in [4.78, 5) is 14.6. The number of rotatable bonds is 5. The summed E-state index contributed by atoms with van der Waals surface area (Å²) in [5.74, 6) is 1.03. The maximum Gasteiger partial charge on any atom is 0.277 e. The van der Waals surface area contributed by atoms with Gasteiger partial charge in [0, 0.05) is 17.8 Å². The Labute approximate surface area is 101 Å². The van der Waals surface area contributed by atoms with Gasteiger partial charge in [0.25, 0.3) is 5.69 Å². The van der Waals surface area contributed by atoms with E-state index in [9.17, 15) is 10.1 Å². The van der Waals surface area contributed by atoms with Crippen LogP contribution in [0, 0.1) is 23.0 Å². The standard InChI is InChI=1S/C12H19N3O2/c1-5-10(8(2)3)14-12-6-11(15(16)17)9(4)7-13-12/h6-8,10H,5H2,1-4H3,(H,13,14). The van der Waals surface area contributed by atoms with Crippen molar-refractivity contribution in [2.24, 2.45) is 5.92 Å². The molecule has 0 aromatic carbocycles. The van der Waals surface area contributed by atoms with Gasteiger partial charge in [-0.3, -0.25) is 10.1 Å². The van der Waals surface area contributed by atoms with Gasteiger partial charge in [0.15, 0.2) is 0 Å². The smallest absolute Gasteiger partial charge is 0.277 e. The topological polar surface area (TPSA) is 68.1 Å². The van der Waals surface area contributed by atoms with Gasteiger partial charge in [-0.25, -0.2) is 4.98 Å². The van der Waals surface area contributed by atoms with Crippen molar-refractivity contribution < 1.29 is 4.92 Å². The third-order valence-corrected chi connectivity index (χ3v) is 2.85. The van der Waals surface area contributed by atoms with Crippen molar-refractivity contribution in [2.75, 3.05) is 5.32 Å². The van der Waals surface area contributed by atoms with Gasteiger partial charge in [-0.15, -0.1) is 0 Å². The van der Waals surface area contributed by atoms with Crippen LogP contribution in [0.5, 0.6) is 0 Å². The van der Waals surface area contributed by atoms with Gasteiger partial charge in [-0.05, 0) is 19.3 Å². The van der Waals surface area contributed by atoms with Crippen LogP contribution in [-0.2, 0) is 0 Å². The van der Waals surface area contributed by atoms with Crippen molar-refractivity contribution >= 4 is 11.5 Å². The van der Waals surface area contributed by atoms with E-state index >= 15 is 0 Å². The molecule has 17 heavy (non-hydrogen) atoms. The molecule has 1 rings (SSSR count). The number of aryl methyl sites for hydroxylation is 1. The third-order valence-electron chi connectivity index (χ3n) is 2.85. The highest BCUT2D eigenvalue weighted by Gasteiger charge is 2.15. The maximum absolute atomic E-state index is 10.8. The number of nitrogens with one attached hydrogen (secondary N) is 1. The van der Waals surface area contributed by atoms with Gasteiger partial charge in [-0.2, -0.15) is 0 Å². The summed E-state index contributed by atoms with van der Waals surface area (Å²) >= 11 is 0. The molecular formula is C12H19N3O2. The number of aromatic nitrogens is 1. The van der Waals surface area contributed by atoms with E-state index in [1.54, 1.807) is 6.92 Å². The molecule has 0 amide bonds. The van der Waals surface area contributed by atoms with E-state index in [1.165, 1.54) is 12.3 Å². The van der Waals surface area contributed by atoms with E-state index < -0.39 is 0 Å². The fourth-order valence-corrected chi connectivity index (χ4v) is 1.72. The Morgan fingerprint density at radius 1 is 1.53 bits per heavy atom. The van der Waals surface area contributed by atoms with Crippen LogP contribution >= 0.6 is 0 Å². The Morgan fingerprint density at radius 2 is 2.18 bits per heavy atom. The van der Waals surface area contributed by atoms with Crippen molar-refractivity contribution in [3.8, 4) is 0 Å². The number of anilines is 1. The second-order valence-corrected chi connectivity index (χ2v) is 4.52. The number of hydrogen-bond donors (Lipinski definition) is 1. The summed E-state index contributed by atoms with van der Waals surface area (Å²) < 4.78 is 0. The molecule has 0 fully saturated rings. The van der Waals surface area contributed by atoms with E-state index in [0.717, 1.165) is 6.42 Å². The van der Waals surface area contributed by atoms with Crippen LogP contribution in [0.15, 0.2) is 12.3 Å². The first kappa shape index (κ1) is 13.4. The van der Waals surface area contributed by atoms with Crippen molar-refractivity contribution in [2.45, 2.75) is 40.2 Å². The first-order chi connectivity index (χ1) is 7.95. The van der Waals surface area contributed by atoms with Gasteiger partial charge >= 0.3 is 0 Å². The molecule has 0 aliphatic carbocycles. The minimum Gasteiger partial charge on any atom is -0.367 e. The van der Waals surface area contributed by atoms with E-state index in [0.29, 0.717) is 17.3 Å². The highest BCUT2D eigenvalue weighted by Crippen LogP contribution is 2.21. The summed E-state index contributed by atoms with van der Waals surface area (Å²) in [5, 5.41) is 14.0. The summed E-state index contributed by atoms with van der Waals surface area (Å²) in [6.07, 6.45) is 2.49. The second-order valence-electron chi connectivity index (χ2n) is 4.52. The summed E-state index contributed by atoms with van der Waals surface area (Å²) in [6.45, 7) is 8.00. The lowest BCUT2D eigenvalue weighted by molar-refractivity contribution is -0.385. The Bertz CT molecular complexity index is 405. The summed E-state index contributed by atoms with van der Waals surface area (Å²) in [7, 11) is 0. The molecule has 0 saturated heterocycles. The van der Waals surface area contributed by atoms with Crippen molar-refractivity contribution in [3.63, 3.8) is 0 Å². The van der Waals surface area contributed by atoms with Crippen LogP contribution in [0.4, 0.5) is 11.5 Å². The predicted molar refractivity (Wildman–Crippen MR) is 68.2 cm³/mol. The molecule has 1 N–H and O–H groups in total. The number of nitro groups is 1. The molecule has 1 unspecified atom stereocenters. The fourth-order valence-electron chi connectivity index (χ4n) is 1.72. The van der Waals surface area contributed by atoms with Gasteiger partial charge in [0.05, 0.1) is 11.0 Å². The molecule has 5 heteroatoms. The molecule has 94 valence electrons. The SMILES string of the molecule is CCC(Nc1cc([N+](=O)[O-])c(C)cn1)C(C)C. The molecule has 1 aromatic heterocycles. The lowest BCUT2D eigenvalue weighted by Gasteiger charge is -2.21. The quantitative estimate of drug-likeness (QED) is 0.631. The normalized spacial score (nSPS) is 12.5. The predicted octanol–water partition coefficient (Wildman–Crippen LogP) is 3.14. The van der Waals surface area contributed by atoms with Crippen LogP contribution < -0.4 is 5.32 Å². The van der Waals surface area contributed by atoms with Gasteiger partial charge in [0.1, 0.15) is 5.82 Å². The van der Waals surface area contributed by atoms with E-state index in [-0.39, 0.29) is 16.7 Å². The van der Waals surface area contributed by atoms with Crippen LogP contribution in [0.25, 0.3) is 0 Å². The Morgan fingerprint density at radius 3 is 2.65 bits per heavy atom. The first-order valence-electron chi connectivity index (χ1n) is 5.83. The molecule has 1 heterocycles. The monoisotopic (exact) mass is 237 g/mol. The second kappa shape index (κ2) is 5.61. The Kier molecular flexibility index (Phi) is 4.43. The third kappa shape index (κ3) is 3.41. The number of nitrogens with zero attached hydrogens (tertiary/aromatic N) is 2. The van der Waals surface area contributed by atoms with E-state index in [4.69, 9.17) is 0 Å². The van der Waals surface area contributed by atoms with Crippen LogP contribution in [0.2, 0.25) is 0 Å². The zero-order valence-corrected chi connectivity index (χ0v) is 10.7. The number of hydrogen-bond acceptors (Lipinski definition) is 4. The summed E-state index contributed by atoms with van der Waals surface area (Å²) in [5.41, 5.74) is 0.694. The van der Waals surface area contributed by atoms with Gasteiger partial charge in [0.2, 0.25) is 0 Å². The van der Waals surface area contributed by atoms with Crippen molar-refractivity contribution in [1.29, 1.82) is 0 Å². The first-order valence-corrected chi connectivity index (χ1v) is 5.83. The van der Waals surface area contributed by atoms with Crippen LogP contribution in [0.3, 0.4) is 0 Å². The number of pyridine rings is 1. The van der Waals surface area contributed by atoms with Gasteiger partial charge < -0.3 is 5.32 Å². The highest BCUT2D eigenvalue weighted by atomic mass is 16.6.